The van der Waals surface area contributed by atoms with Crippen molar-refractivity contribution >= 4 is 11.8 Å². The van der Waals surface area contributed by atoms with Gasteiger partial charge in [0.1, 0.15) is 0 Å². The van der Waals surface area contributed by atoms with Gasteiger partial charge in [-0.15, -0.1) is 0 Å². The SMILES string of the molecule is CCCCCCCCC=CCCCCCCCC(=O)OCC1C(C)=CC(=O)C2C(C)(C)CCCC12C. The van der Waals surface area contributed by atoms with E-state index in [9.17, 15) is 9.59 Å². The number of carbonyl (C=O) groups is 2. The fraction of sp³-hybridized carbons (Fsp3) is 0.818. The van der Waals surface area contributed by atoms with Crippen LogP contribution in [0, 0.1) is 22.7 Å². The Labute approximate surface area is 222 Å². The van der Waals surface area contributed by atoms with E-state index >= 15 is 0 Å². The first kappa shape index (κ1) is 30.8. The van der Waals surface area contributed by atoms with Crippen molar-refractivity contribution in [2.24, 2.45) is 22.7 Å². The molecule has 3 heteroatoms. The molecule has 0 heterocycles. The third-order valence-corrected chi connectivity index (χ3v) is 9.03. The first-order valence-corrected chi connectivity index (χ1v) is 15.2. The van der Waals surface area contributed by atoms with Gasteiger partial charge in [-0.2, -0.15) is 0 Å². The maximum atomic E-state index is 12.9. The van der Waals surface area contributed by atoms with Crippen molar-refractivity contribution in [2.45, 2.75) is 144 Å². The number of unbranched alkanes of at least 4 members (excludes halogenated alkanes) is 11. The number of fused-ring (bicyclic) bond motifs is 1. The summed E-state index contributed by atoms with van der Waals surface area (Å²) in [4.78, 5) is 25.4. The number of allylic oxidation sites excluding steroid dienone is 3. The summed E-state index contributed by atoms with van der Waals surface area (Å²) >= 11 is 0. The summed E-state index contributed by atoms with van der Waals surface area (Å²) in [6.45, 7) is 11.5. The van der Waals surface area contributed by atoms with Crippen LogP contribution in [0.15, 0.2) is 23.8 Å². The van der Waals surface area contributed by atoms with E-state index in [-0.39, 0.29) is 34.4 Å². The Morgan fingerprint density at radius 2 is 1.50 bits per heavy atom. The van der Waals surface area contributed by atoms with Gasteiger partial charge in [0.05, 0.1) is 6.61 Å². The minimum atomic E-state index is -0.110. The van der Waals surface area contributed by atoms with Gasteiger partial charge in [0.2, 0.25) is 0 Å². The number of rotatable bonds is 17. The molecule has 0 spiro atoms. The summed E-state index contributed by atoms with van der Waals surface area (Å²) in [5, 5.41) is 0. The molecule has 0 radical (unpaired) electrons. The summed E-state index contributed by atoms with van der Waals surface area (Å²) in [5.41, 5.74) is 0.985. The summed E-state index contributed by atoms with van der Waals surface area (Å²) in [6, 6.07) is 0. The normalized spacial score (nSPS) is 25.6. The summed E-state index contributed by atoms with van der Waals surface area (Å²) < 4.78 is 5.79. The van der Waals surface area contributed by atoms with Crippen LogP contribution in [0.5, 0.6) is 0 Å². The lowest BCUT2D eigenvalue weighted by Gasteiger charge is -2.55. The Morgan fingerprint density at radius 1 is 0.917 bits per heavy atom. The third kappa shape index (κ3) is 9.49. The molecule has 0 aromatic heterocycles. The Balaban J connectivity index is 1.57. The van der Waals surface area contributed by atoms with Crippen molar-refractivity contribution < 1.29 is 14.3 Å². The van der Waals surface area contributed by atoms with Gasteiger partial charge in [-0.05, 0) is 68.8 Å². The Morgan fingerprint density at radius 3 is 2.14 bits per heavy atom. The molecule has 2 aliphatic rings. The van der Waals surface area contributed by atoms with Gasteiger partial charge in [0.15, 0.2) is 5.78 Å². The highest BCUT2D eigenvalue weighted by Gasteiger charge is 2.55. The molecule has 0 N–H and O–H groups in total. The number of carbonyl (C=O) groups excluding carboxylic acids is 2. The monoisotopic (exact) mass is 500 g/mol. The van der Waals surface area contributed by atoms with Gasteiger partial charge in [-0.25, -0.2) is 0 Å². The fourth-order valence-corrected chi connectivity index (χ4v) is 7.03. The molecule has 36 heavy (non-hydrogen) atoms. The van der Waals surface area contributed by atoms with Gasteiger partial charge in [0, 0.05) is 18.3 Å². The molecular weight excluding hydrogens is 444 g/mol. The molecule has 2 rings (SSSR count). The van der Waals surface area contributed by atoms with Gasteiger partial charge in [0.25, 0.3) is 0 Å². The molecule has 2 aliphatic carbocycles. The largest absolute Gasteiger partial charge is 0.465 e. The number of hydrogen-bond acceptors (Lipinski definition) is 3. The summed E-state index contributed by atoms with van der Waals surface area (Å²) in [7, 11) is 0. The Hall–Kier alpha value is -1.38. The van der Waals surface area contributed by atoms with Crippen LogP contribution in [0.2, 0.25) is 0 Å². The molecule has 3 unspecified atom stereocenters. The molecule has 3 nitrogen and oxygen atoms in total. The zero-order valence-corrected chi connectivity index (χ0v) is 24.3. The van der Waals surface area contributed by atoms with Crippen LogP contribution in [0.4, 0.5) is 0 Å². The van der Waals surface area contributed by atoms with Gasteiger partial charge in [-0.3, -0.25) is 9.59 Å². The van der Waals surface area contributed by atoms with E-state index in [2.05, 4.69) is 39.8 Å². The van der Waals surface area contributed by atoms with Gasteiger partial charge >= 0.3 is 5.97 Å². The maximum Gasteiger partial charge on any atom is 0.305 e. The molecule has 0 bridgehead atoms. The van der Waals surface area contributed by atoms with Crippen LogP contribution in [0.1, 0.15) is 144 Å². The molecule has 0 aromatic carbocycles. The predicted octanol–water partition coefficient (Wildman–Crippen LogP) is 9.54. The highest BCUT2D eigenvalue weighted by Crippen LogP contribution is 2.58. The van der Waals surface area contributed by atoms with E-state index in [0.717, 1.165) is 37.7 Å². The predicted molar refractivity (Wildman–Crippen MR) is 152 cm³/mol. The van der Waals surface area contributed by atoms with Crippen molar-refractivity contribution in [1.82, 2.24) is 0 Å². The Kier molecular flexibility index (Phi) is 13.5. The van der Waals surface area contributed by atoms with E-state index in [4.69, 9.17) is 4.74 Å². The fourth-order valence-electron chi connectivity index (χ4n) is 7.03. The van der Waals surface area contributed by atoms with E-state index < -0.39 is 0 Å². The van der Waals surface area contributed by atoms with Crippen LogP contribution in [-0.4, -0.2) is 18.4 Å². The second kappa shape index (κ2) is 15.8. The topological polar surface area (TPSA) is 43.4 Å². The molecule has 0 aromatic rings. The van der Waals surface area contributed by atoms with E-state index in [1.165, 1.54) is 70.6 Å². The second-order valence-electron chi connectivity index (χ2n) is 12.6. The molecule has 0 aliphatic heterocycles. The number of esters is 1. The van der Waals surface area contributed by atoms with Crippen molar-refractivity contribution in [1.29, 1.82) is 0 Å². The average Bonchev–Trinajstić information content (AvgIpc) is 2.80. The summed E-state index contributed by atoms with van der Waals surface area (Å²) in [6.07, 6.45) is 26.7. The van der Waals surface area contributed by atoms with Crippen molar-refractivity contribution in [3.05, 3.63) is 23.8 Å². The standard InChI is InChI=1S/C33H56O3/c1-6-7-8-9-10-11-12-13-14-15-16-17-18-19-20-22-30(35)36-26-28-27(2)25-29(34)31-32(3,4)23-21-24-33(28,31)5/h13-14,25,28,31H,6-12,15-24,26H2,1-5H3. The van der Waals surface area contributed by atoms with Crippen LogP contribution in [0.25, 0.3) is 0 Å². The lowest BCUT2D eigenvalue weighted by Crippen LogP contribution is -2.53. The first-order chi connectivity index (χ1) is 17.2. The average molecular weight is 501 g/mol. The van der Waals surface area contributed by atoms with Crippen LogP contribution in [-0.2, 0) is 14.3 Å². The highest BCUT2D eigenvalue weighted by atomic mass is 16.5. The van der Waals surface area contributed by atoms with E-state index in [0.29, 0.717) is 13.0 Å². The molecule has 206 valence electrons. The van der Waals surface area contributed by atoms with Crippen LogP contribution >= 0.6 is 0 Å². The zero-order chi connectivity index (χ0) is 26.4. The third-order valence-electron chi connectivity index (χ3n) is 9.03. The van der Waals surface area contributed by atoms with Crippen LogP contribution in [0.3, 0.4) is 0 Å². The molecular formula is C33H56O3. The molecule has 1 fully saturated rings. The minimum Gasteiger partial charge on any atom is -0.465 e. The smallest absolute Gasteiger partial charge is 0.305 e. The minimum absolute atomic E-state index is 0.00716. The molecule has 0 saturated heterocycles. The first-order valence-electron chi connectivity index (χ1n) is 15.2. The maximum absolute atomic E-state index is 12.9. The Bertz CT molecular complexity index is 731. The van der Waals surface area contributed by atoms with E-state index in [1.54, 1.807) is 0 Å². The quantitative estimate of drug-likeness (QED) is 0.113. The van der Waals surface area contributed by atoms with Crippen molar-refractivity contribution in [2.75, 3.05) is 6.61 Å². The number of hydrogen-bond donors (Lipinski definition) is 0. The molecule has 0 amide bonds. The molecule has 1 saturated carbocycles. The van der Waals surface area contributed by atoms with E-state index in [1.807, 2.05) is 13.0 Å². The van der Waals surface area contributed by atoms with Gasteiger partial charge in [-0.1, -0.05) is 103 Å². The number of ether oxygens (including phenoxy) is 1. The lowest BCUT2D eigenvalue weighted by atomic mass is 9.48. The molecule has 3 atom stereocenters. The lowest BCUT2D eigenvalue weighted by molar-refractivity contribution is -0.150. The van der Waals surface area contributed by atoms with Crippen LogP contribution < -0.4 is 0 Å². The highest BCUT2D eigenvalue weighted by molar-refractivity contribution is 5.95. The summed E-state index contributed by atoms with van der Waals surface area (Å²) in [5.74, 6) is 0.373. The number of ketones is 1. The van der Waals surface area contributed by atoms with Crippen molar-refractivity contribution in [3.63, 3.8) is 0 Å². The zero-order valence-electron chi connectivity index (χ0n) is 24.3. The van der Waals surface area contributed by atoms with Gasteiger partial charge < -0.3 is 4.74 Å². The second-order valence-corrected chi connectivity index (χ2v) is 12.6. The van der Waals surface area contributed by atoms with Crippen molar-refractivity contribution in [3.8, 4) is 0 Å².